The number of imidazole rings is 1. The van der Waals surface area contributed by atoms with Crippen molar-refractivity contribution in [3.05, 3.63) is 59.9 Å². The maximum absolute atomic E-state index is 12.2. The van der Waals surface area contributed by atoms with Crippen LogP contribution >= 0.6 is 11.7 Å². The number of rotatable bonds is 7. The first-order chi connectivity index (χ1) is 11.7. The van der Waals surface area contributed by atoms with Crippen molar-refractivity contribution < 1.29 is 9.53 Å². The molecule has 0 saturated carbocycles. The van der Waals surface area contributed by atoms with Gasteiger partial charge >= 0.3 is 0 Å². The van der Waals surface area contributed by atoms with E-state index in [0.717, 1.165) is 11.4 Å². The van der Waals surface area contributed by atoms with Crippen LogP contribution in [0.3, 0.4) is 0 Å². The van der Waals surface area contributed by atoms with Gasteiger partial charge in [-0.1, -0.05) is 6.07 Å². The van der Waals surface area contributed by atoms with Gasteiger partial charge in [0.2, 0.25) is 0 Å². The molecule has 0 fully saturated rings. The summed E-state index contributed by atoms with van der Waals surface area (Å²) < 4.78 is 15.9. The van der Waals surface area contributed by atoms with Crippen LogP contribution in [-0.4, -0.2) is 30.8 Å². The number of nitrogens with zero attached hydrogens (tertiary/aromatic N) is 4. The van der Waals surface area contributed by atoms with E-state index in [0.29, 0.717) is 31.0 Å². The van der Waals surface area contributed by atoms with Gasteiger partial charge in [0.05, 0.1) is 23.7 Å². The van der Waals surface area contributed by atoms with E-state index in [2.05, 4.69) is 19.0 Å². The largest absolute Gasteiger partial charge is 0.487 e. The van der Waals surface area contributed by atoms with Gasteiger partial charge in [-0.25, -0.2) is 4.98 Å². The number of aromatic nitrogens is 4. The van der Waals surface area contributed by atoms with Gasteiger partial charge in [-0.15, -0.1) is 0 Å². The quantitative estimate of drug-likeness (QED) is 0.710. The van der Waals surface area contributed by atoms with Crippen molar-refractivity contribution in [3.63, 3.8) is 0 Å². The summed E-state index contributed by atoms with van der Waals surface area (Å²) in [5.74, 6) is 0.497. The van der Waals surface area contributed by atoms with Crippen LogP contribution in [0.4, 0.5) is 0 Å². The molecule has 24 heavy (non-hydrogen) atoms. The molecule has 2 aromatic heterocycles. The van der Waals surface area contributed by atoms with Crippen molar-refractivity contribution in [2.45, 2.75) is 20.1 Å². The van der Waals surface area contributed by atoms with Gasteiger partial charge in [0, 0.05) is 31.0 Å². The molecule has 8 heteroatoms. The van der Waals surface area contributed by atoms with Crippen LogP contribution in [0.2, 0.25) is 0 Å². The Hall–Kier alpha value is -2.74. The highest BCUT2D eigenvalue weighted by atomic mass is 32.1. The van der Waals surface area contributed by atoms with Crippen molar-refractivity contribution in [1.82, 2.24) is 23.6 Å². The smallest absolute Gasteiger partial charge is 0.251 e. The standard InChI is InChI=1S/C16H17N5O2S/c1-12-15(20-24-19-12)10-23-14-4-2-3-13(9-14)16(22)18-6-8-21-7-5-17-11-21/h2-5,7,9,11H,6,8,10H2,1H3,(H,18,22). The summed E-state index contributed by atoms with van der Waals surface area (Å²) >= 11 is 1.17. The summed E-state index contributed by atoms with van der Waals surface area (Å²) in [7, 11) is 0. The number of benzene rings is 1. The van der Waals surface area contributed by atoms with Crippen LogP contribution in [0.15, 0.2) is 43.0 Å². The van der Waals surface area contributed by atoms with E-state index in [-0.39, 0.29) is 5.91 Å². The monoisotopic (exact) mass is 343 g/mol. The fraction of sp³-hybridized carbons (Fsp3) is 0.250. The highest BCUT2D eigenvalue weighted by Crippen LogP contribution is 2.16. The Morgan fingerprint density at radius 3 is 3.04 bits per heavy atom. The van der Waals surface area contributed by atoms with E-state index in [4.69, 9.17) is 4.74 Å². The first-order valence-corrected chi connectivity index (χ1v) is 8.20. The molecule has 0 saturated heterocycles. The summed E-state index contributed by atoms with van der Waals surface area (Å²) in [5, 5.41) is 2.88. The second kappa shape index (κ2) is 7.69. The Bertz CT molecular complexity index is 800. The first kappa shape index (κ1) is 16.1. The van der Waals surface area contributed by atoms with Crippen LogP contribution in [-0.2, 0) is 13.2 Å². The lowest BCUT2D eigenvalue weighted by Gasteiger charge is -2.08. The normalized spacial score (nSPS) is 10.5. The average Bonchev–Trinajstić information content (AvgIpc) is 3.25. The lowest BCUT2D eigenvalue weighted by atomic mass is 10.2. The van der Waals surface area contributed by atoms with E-state index >= 15 is 0 Å². The number of hydrogen-bond acceptors (Lipinski definition) is 6. The van der Waals surface area contributed by atoms with E-state index in [1.165, 1.54) is 11.7 Å². The van der Waals surface area contributed by atoms with Crippen LogP contribution < -0.4 is 10.1 Å². The first-order valence-electron chi connectivity index (χ1n) is 7.47. The van der Waals surface area contributed by atoms with Gasteiger partial charge in [0.15, 0.2) is 0 Å². The fourth-order valence-electron chi connectivity index (χ4n) is 2.08. The zero-order chi connectivity index (χ0) is 16.8. The third-order valence-electron chi connectivity index (χ3n) is 3.43. The molecule has 0 bridgehead atoms. The molecule has 1 amide bonds. The number of nitrogens with one attached hydrogen (secondary N) is 1. The van der Waals surface area contributed by atoms with E-state index in [9.17, 15) is 4.79 Å². The molecule has 0 atom stereocenters. The molecule has 0 aliphatic rings. The third-order valence-corrected chi connectivity index (χ3v) is 4.09. The Morgan fingerprint density at radius 2 is 2.29 bits per heavy atom. The van der Waals surface area contributed by atoms with Crippen molar-refractivity contribution in [3.8, 4) is 5.75 Å². The Morgan fingerprint density at radius 1 is 1.38 bits per heavy atom. The second-order valence-electron chi connectivity index (χ2n) is 5.17. The molecule has 1 N–H and O–H groups in total. The van der Waals surface area contributed by atoms with Crippen molar-refractivity contribution in [2.24, 2.45) is 0 Å². The highest BCUT2D eigenvalue weighted by Gasteiger charge is 2.08. The third kappa shape index (κ3) is 4.17. The average molecular weight is 343 g/mol. The minimum Gasteiger partial charge on any atom is -0.487 e. The molecule has 3 aromatic rings. The molecule has 124 valence electrons. The van der Waals surface area contributed by atoms with Crippen LogP contribution in [0, 0.1) is 6.92 Å². The zero-order valence-electron chi connectivity index (χ0n) is 13.2. The minimum absolute atomic E-state index is 0.132. The summed E-state index contributed by atoms with van der Waals surface area (Å²) in [5.41, 5.74) is 2.25. The van der Waals surface area contributed by atoms with E-state index in [1.807, 2.05) is 23.8 Å². The summed E-state index contributed by atoms with van der Waals surface area (Å²) in [6.45, 7) is 3.45. The number of hydrogen-bond donors (Lipinski definition) is 1. The molecular weight excluding hydrogens is 326 g/mol. The topological polar surface area (TPSA) is 81.9 Å². The van der Waals surface area contributed by atoms with Crippen molar-refractivity contribution >= 4 is 17.6 Å². The second-order valence-corrected chi connectivity index (χ2v) is 5.70. The van der Waals surface area contributed by atoms with Gasteiger partial charge in [-0.05, 0) is 25.1 Å². The molecule has 0 aliphatic carbocycles. The number of amides is 1. The predicted octanol–water partition coefficient (Wildman–Crippen LogP) is 2.05. The molecule has 0 spiro atoms. The zero-order valence-corrected chi connectivity index (χ0v) is 14.0. The number of aryl methyl sites for hydroxylation is 1. The van der Waals surface area contributed by atoms with Crippen LogP contribution in [0.5, 0.6) is 5.75 Å². The minimum atomic E-state index is -0.132. The van der Waals surface area contributed by atoms with Gasteiger partial charge in [-0.2, -0.15) is 8.75 Å². The summed E-state index contributed by atoms with van der Waals surface area (Å²) in [6.07, 6.45) is 5.29. The Labute approximate surface area is 143 Å². The van der Waals surface area contributed by atoms with E-state index in [1.54, 1.807) is 30.7 Å². The lowest BCUT2D eigenvalue weighted by molar-refractivity contribution is 0.0952. The molecule has 0 unspecified atom stereocenters. The van der Waals surface area contributed by atoms with E-state index < -0.39 is 0 Å². The Balaban J connectivity index is 1.53. The Kier molecular flexibility index (Phi) is 5.17. The highest BCUT2D eigenvalue weighted by molar-refractivity contribution is 6.99. The molecule has 7 nitrogen and oxygen atoms in total. The van der Waals surface area contributed by atoms with Crippen LogP contribution in [0.1, 0.15) is 21.7 Å². The number of carbonyl (C=O) groups excluding carboxylic acids is 1. The molecular formula is C16H17N5O2S. The molecule has 3 rings (SSSR count). The number of carbonyl (C=O) groups is 1. The summed E-state index contributed by atoms with van der Waals surface area (Å²) in [6, 6.07) is 7.10. The fourth-order valence-corrected chi connectivity index (χ4v) is 2.63. The van der Waals surface area contributed by atoms with Gasteiger partial charge < -0.3 is 14.6 Å². The molecule has 1 aromatic carbocycles. The lowest BCUT2D eigenvalue weighted by Crippen LogP contribution is -2.26. The van der Waals surface area contributed by atoms with Crippen molar-refractivity contribution in [2.75, 3.05) is 6.54 Å². The SMILES string of the molecule is Cc1nsnc1COc1cccc(C(=O)NCCn2ccnc2)c1. The molecule has 0 aliphatic heterocycles. The summed E-state index contributed by atoms with van der Waals surface area (Å²) in [4.78, 5) is 16.2. The maximum atomic E-state index is 12.2. The van der Waals surface area contributed by atoms with Crippen LogP contribution in [0.25, 0.3) is 0 Å². The molecule has 2 heterocycles. The van der Waals surface area contributed by atoms with Gasteiger partial charge in [-0.3, -0.25) is 4.79 Å². The van der Waals surface area contributed by atoms with Gasteiger partial charge in [0.25, 0.3) is 5.91 Å². The van der Waals surface area contributed by atoms with Gasteiger partial charge in [0.1, 0.15) is 18.1 Å². The molecule has 0 radical (unpaired) electrons. The number of ether oxygens (including phenoxy) is 1. The maximum Gasteiger partial charge on any atom is 0.251 e. The predicted molar refractivity (Wildman–Crippen MR) is 90.0 cm³/mol. The van der Waals surface area contributed by atoms with Crippen molar-refractivity contribution in [1.29, 1.82) is 0 Å².